The Morgan fingerprint density at radius 2 is 1.86 bits per heavy atom. The van der Waals surface area contributed by atoms with Gasteiger partial charge in [-0.05, 0) is 16.8 Å². The number of benzene rings is 3. The molecule has 3 aromatic rings. The van der Waals surface area contributed by atoms with Crippen LogP contribution >= 0.6 is 11.8 Å². The van der Waals surface area contributed by atoms with Crippen LogP contribution in [0.15, 0.2) is 89.5 Å². The minimum absolute atomic E-state index is 0.167. The Morgan fingerprint density at radius 1 is 1.07 bits per heavy atom. The number of hydrogen-bond acceptors (Lipinski definition) is 5. The topological polar surface area (TPSA) is 57.1 Å². The van der Waals surface area contributed by atoms with Crippen LogP contribution in [0.25, 0.3) is 16.5 Å². The summed E-state index contributed by atoms with van der Waals surface area (Å²) < 4.78 is 0. The van der Waals surface area contributed by atoms with E-state index in [0.717, 1.165) is 26.9 Å². The predicted molar refractivity (Wildman–Crippen MR) is 117 cm³/mol. The molecule has 0 spiro atoms. The largest absolute Gasteiger partial charge is 0.298 e. The first-order chi connectivity index (χ1) is 14.3. The number of carbonyl (C=O) groups is 1. The summed E-state index contributed by atoms with van der Waals surface area (Å²) in [5.41, 5.74) is 1.54. The number of para-hydroxylation sites is 1. The molecule has 0 aromatic heterocycles. The number of nitrogens with one attached hydrogen (secondary N) is 1. The molecule has 5 nitrogen and oxygen atoms in total. The maximum Gasteiger partial charge on any atom is 0.276 e. The summed E-state index contributed by atoms with van der Waals surface area (Å²) in [5, 5.41) is 13.8. The molecule has 0 fully saturated rings. The van der Waals surface area contributed by atoms with Gasteiger partial charge in [-0.15, -0.1) is 11.7 Å². The van der Waals surface area contributed by atoms with Crippen LogP contribution in [0.4, 0.5) is 0 Å². The van der Waals surface area contributed by atoms with Crippen LogP contribution in [-0.4, -0.2) is 21.8 Å². The van der Waals surface area contributed by atoms with Gasteiger partial charge in [0.1, 0.15) is 5.70 Å². The predicted octanol–water partition coefficient (Wildman–Crippen LogP) is 2.90. The van der Waals surface area contributed by atoms with Crippen LogP contribution in [0.5, 0.6) is 0 Å². The number of fused-ring (bicyclic) bond motifs is 3. The molecule has 1 amide bonds. The van der Waals surface area contributed by atoms with E-state index in [4.69, 9.17) is 10.1 Å². The molecular weight excluding hydrogens is 380 g/mol. The molecule has 1 N–H and O–H groups in total. The average Bonchev–Trinajstić information content (AvgIpc) is 2.76. The Bertz CT molecular complexity index is 1290. The highest BCUT2D eigenvalue weighted by molar-refractivity contribution is 8.14. The van der Waals surface area contributed by atoms with Gasteiger partial charge in [0.05, 0.1) is 5.36 Å². The minimum atomic E-state index is -0.420. The lowest BCUT2D eigenvalue weighted by Crippen LogP contribution is -2.50. The molecule has 0 radical (unpaired) electrons. The fourth-order valence-corrected chi connectivity index (χ4v) is 4.29. The van der Waals surface area contributed by atoms with Crippen LogP contribution in [0.3, 0.4) is 0 Å². The van der Waals surface area contributed by atoms with Crippen molar-refractivity contribution in [2.75, 3.05) is 5.75 Å². The van der Waals surface area contributed by atoms with Crippen molar-refractivity contribution in [3.63, 3.8) is 0 Å². The molecule has 3 aromatic carbocycles. The van der Waals surface area contributed by atoms with Crippen LogP contribution in [-0.2, 0) is 4.79 Å². The van der Waals surface area contributed by atoms with Crippen molar-refractivity contribution in [3.05, 3.63) is 95.5 Å². The lowest BCUT2D eigenvalue weighted by Gasteiger charge is -2.34. The lowest BCUT2D eigenvalue weighted by atomic mass is 10.0. The molecule has 6 heteroatoms. The number of rotatable bonds is 3. The highest BCUT2D eigenvalue weighted by Gasteiger charge is 2.34. The third kappa shape index (κ3) is 3.02. The molecule has 2 heterocycles. The number of nitrogens with zero attached hydrogens (tertiary/aromatic N) is 3. The van der Waals surface area contributed by atoms with E-state index in [9.17, 15) is 4.79 Å². The molecule has 2 aliphatic rings. The summed E-state index contributed by atoms with van der Waals surface area (Å²) in [5.74, 6) is 0.494. The second-order valence-corrected chi connectivity index (χ2v) is 7.75. The molecule has 5 rings (SSSR count). The first-order valence-electron chi connectivity index (χ1n) is 9.34. The van der Waals surface area contributed by atoms with Crippen LogP contribution in [0, 0.1) is 0 Å². The smallest absolute Gasteiger partial charge is 0.276 e. The van der Waals surface area contributed by atoms with Gasteiger partial charge in [-0.25, -0.2) is 5.01 Å². The summed E-state index contributed by atoms with van der Waals surface area (Å²) in [6.45, 7) is 3.75. The van der Waals surface area contributed by atoms with Gasteiger partial charge in [0.25, 0.3) is 5.91 Å². The van der Waals surface area contributed by atoms with E-state index in [1.807, 2.05) is 42.5 Å². The van der Waals surface area contributed by atoms with E-state index in [2.05, 4.69) is 36.2 Å². The van der Waals surface area contributed by atoms with E-state index in [1.54, 1.807) is 11.1 Å². The molecular formula is C23H18N4OS. The van der Waals surface area contributed by atoms with E-state index in [1.165, 1.54) is 11.8 Å². The maximum absolute atomic E-state index is 13.1. The zero-order valence-electron chi connectivity index (χ0n) is 15.6. The van der Waals surface area contributed by atoms with Crippen LogP contribution < -0.4 is 15.9 Å². The van der Waals surface area contributed by atoms with Gasteiger partial charge in [-0.2, -0.15) is 0 Å². The molecule has 0 aliphatic carbocycles. The molecule has 1 atom stereocenters. The number of hydrogen-bond donors (Lipinski definition) is 1. The van der Waals surface area contributed by atoms with Gasteiger partial charge < -0.3 is 0 Å². The van der Waals surface area contributed by atoms with Crippen molar-refractivity contribution >= 4 is 39.3 Å². The van der Waals surface area contributed by atoms with Gasteiger partial charge >= 0.3 is 0 Å². The number of thioether (sulfide) groups is 1. The minimum Gasteiger partial charge on any atom is -0.298 e. The fraction of sp³-hybridized carbons (Fsp3) is 0.0870. The average molecular weight is 398 g/mol. The van der Waals surface area contributed by atoms with Crippen molar-refractivity contribution in [3.8, 4) is 0 Å². The van der Waals surface area contributed by atoms with Gasteiger partial charge in [-0.1, -0.05) is 78.5 Å². The summed E-state index contributed by atoms with van der Waals surface area (Å²) in [6.07, 6.45) is 1.37. The van der Waals surface area contributed by atoms with Crippen molar-refractivity contribution in [2.45, 2.75) is 6.17 Å². The van der Waals surface area contributed by atoms with Gasteiger partial charge in [-0.3, -0.25) is 15.1 Å². The first kappa shape index (κ1) is 17.7. The van der Waals surface area contributed by atoms with Crippen LogP contribution in [0.2, 0.25) is 0 Å². The zero-order valence-corrected chi connectivity index (χ0v) is 16.4. The number of hydrazone groups is 1. The Hall–Kier alpha value is -3.38. The summed E-state index contributed by atoms with van der Waals surface area (Å²) >= 11 is 1.44. The molecule has 29 heavy (non-hydrogen) atoms. The summed E-state index contributed by atoms with van der Waals surface area (Å²) in [7, 11) is 0. The summed E-state index contributed by atoms with van der Waals surface area (Å²) in [4.78, 5) is 18.0. The van der Waals surface area contributed by atoms with Crippen molar-refractivity contribution in [1.29, 1.82) is 0 Å². The van der Waals surface area contributed by atoms with Crippen LogP contribution in [0.1, 0.15) is 11.7 Å². The fourth-order valence-electron chi connectivity index (χ4n) is 3.71. The normalized spacial score (nSPS) is 17.7. The molecule has 0 bridgehead atoms. The highest BCUT2D eigenvalue weighted by atomic mass is 32.2. The maximum atomic E-state index is 13.1. The SMILES string of the molecule is C=CCSC1=NN2C(=c3ccccc3=N[C@@H]2c2cccc3ccccc23)C(=O)N1. The summed E-state index contributed by atoms with van der Waals surface area (Å²) in [6, 6.07) is 22.1. The van der Waals surface area contributed by atoms with Crippen molar-refractivity contribution in [1.82, 2.24) is 10.3 Å². The third-order valence-corrected chi connectivity index (χ3v) is 5.81. The number of amides is 1. The zero-order chi connectivity index (χ0) is 19.8. The number of amidine groups is 1. The van der Waals surface area contributed by atoms with Gasteiger partial charge in [0.15, 0.2) is 11.3 Å². The molecule has 2 aliphatic heterocycles. The number of carbonyl (C=O) groups excluding carboxylic acids is 1. The molecule has 0 unspecified atom stereocenters. The van der Waals surface area contributed by atoms with Gasteiger partial charge in [0, 0.05) is 16.5 Å². The Kier molecular flexibility index (Phi) is 4.41. The molecule has 0 saturated carbocycles. The Balaban J connectivity index is 1.76. The second kappa shape index (κ2) is 7.22. The van der Waals surface area contributed by atoms with Crippen molar-refractivity contribution < 1.29 is 4.79 Å². The second-order valence-electron chi connectivity index (χ2n) is 6.74. The first-order valence-corrected chi connectivity index (χ1v) is 10.3. The quantitative estimate of drug-likeness (QED) is 0.691. The Labute approximate surface area is 172 Å². The van der Waals surface area contributed by atoms with E-state index in [-0.39, 0.29) is 5.91 Å². The highest BCUT2D eigenvalue weighted by Crippen LogP contribution is 2.34. The van der Waals surface area contributed by atoms with E-state index in [0.29, 0.717) is 16.6 Å². The molecule has 0 saturated heterocycles. The van der Waals surface area contributed by atoms with E-state index >= 15 is 0 Å². The monoisotopic (exact) mass is 398 g/mol. The third-order valence-electron chi connectivity index (χ3n) is 4.95. The van der Waals surface area contributed by atoms with E-state index < -0.39 is 6.17 Å². The lowest BCUT2D eigenvalue weighted by molar-refractivity contribution is -0.116. The molecule has 142 valence electrons. The van der Waals surface area contributed by atoms with Gasteiger partial charge in [0.2, 0.25) is 0 Å². The standard InChI is InChI=1S/C23H18N4OS/c1-2-14-29-23-25-22(28)20-18-11-5-6-13-19(18)24-21(27(20)26-23)17-12-7-9-15-8-3-4-10-16(15)17/h2-13,21H,1,14H2,(H,25,26,28)/t21-/m0/s1. The Morgan fingerprint density at radius 3 is 2.76 bits per heavy atom. The van der Waals surface area contributed by atoms with Crippen molar-refractivity contribution in [2.24, 2.45) is 10.1 Å².